The zero-order valence-corrected chi connectivity index (χ0v) is 15.6. The number of aromatic nitrogens is 3. The van der Waals surface area contributed by atoms with Crippen LogP contribution in [-0.2, 0) is 7.05 Å². The topological polar surface area (TPSA) is 43.9 Å². The maximum absolute atomic E-state index is 5.87. The van der Waals surface area contributed by atoms with Crippen LogP contribution in [0, 0.1) is 0 Å². The predicted molar refractivity (Wildman–Crippen MR) is 94.0 cm³/mol. The van der Waals surface area contributed by atoms with Crippen LogP contribution in [0.1, 0.15) is 101 Å². The number of oxazole rings is 1. The smallest absolute Gasteiger partial charge is 0.197 e. The first-order chi connectivity index (χ1) is 10.8. The molecule has 0 N–H and O–H groups in total. The van der Waals surface area contributed by atoms with Gasteiger partial charge >= 0.3 is 0 Å². The van der Waals surface area contributed by atoms with E-state index in [-0.39, 0.29) is 0 Å². The second kappa shape index (κ2) is 7.33. The maximum atomic E-state index is 5.87. The highest BCUT2D eigenvalue weighted by Gasteiger charge is 2.18. The van der Waals surface area contributed by atoms with E-state index in [1.807, 2.05) is 17.9 Å². The number of nitrogens with zero attached hydrogens (tertiary/aromatic N) is 3. The summed E-state index contributed by atoms with van der Waals surface area (Å²) in [4.78, 5) is 4.44. The first-order valence-corrected chi connectivity index (χ1v) is 8.79. The summed E-state index contributed by atoms with van der Waals surface area (Å²) >= 11 is 0. The number of aryl methyl sites for hydroxylation is 1. The predicted octanol–water partition coefficient (Wildman–Crippen LogP) is 5.34. The van der Waals surface area contributed by atoms with Crippen LogP contribution in [0.5, 0.6) is 0 Å². The third-order valence-electron chi connectivity index (χ3n) is 4.60. The molecular formula is C19H31N3O. The fraction of sp³-hybridized carbons (Fsp3) is 0.684. The number of hydrogen-bond donors (Lipinski definition) is 0. The minimum absolute atomic E-state index is 0.346. The fourth-order valence-corrected chi connectivity index (χ4v) is 2.85. The van der Waals surface area contributed by atoms with Crippen LogP contribution >= 0.6 is 0 Å². The lowest BCUT2D eigenvalue weighted by atomic mass is 9.95. The molecule has 0 aliphatic heterocycles. The van der Waals surface area contributed by atoms with Gasteiger partial charge in [0.05, 0.1) is 11.9 Å². The molecule has 0 fully saturated rings. The highest BCUT2D eigenvalue weighted by Crippen LogP contribution is 2.29. The molecule has 2 rings (SSSR count). The Labute approximate surface area is 140 Å². The summed E-state index contributed by atoms with van der Waals surface area (Å²) in [5, 5.41) is 4.69. The Morgan fingerprint density at radius 1 is 1.00 bits per heavy atom. The van der Waals surface area contributed by atoms with Crippen LogP contribution in [0.2, 0.25) is 0 Å². The van der Waals surface area contributed by atoms with Gasteiger partial charge in [0.1, 0.15) is 5.76 Å². The van der Waals surface area contributed by atoms with Crippen LogP contribution in [0.15, 0.2) is 16.7 Å². The third-order valence-corrected chi connectivity index (χ3v) is 4.60. The molecule has 2 heterocycles. The molecule has 0 radical (unpaired) electrons. The summed E-state index contributed by atoms with van der Waals surface area (Å²) in [6.45, 7) is 13.1. The molecule has 0 spiro atoms. The minimum atomic E-state index is 0.346. The monoisotopic (exact) mass is 317 g/mol. The van der Waals surface area contributed by atoms with Crippen molar-refractivity contribution in [2.75, 3.05) is 0 Å². The maximum Gasteiger partial charge on any atom is 0.197 e. The van der Waals surface area contributed by atoms with Gasteiger partial charge in [-0.2, -0.15) is 5.10 Å². The molecule has 0 aliphatic rings. The molecule has 2 aromatic heterocycles. The van der Waals surface area contributed by atoms with Gasteiger partial charge in [0, 0.05) is 30.5 Å². The van der Waals surface area contributed by atoms with Gasteiger partial charge in [-0.15, -0.1) is 0 Å². The van der Waals surface area contributed by atoms with E-state index in [1.54, 1.807) is 0 Å². The van der Waals surface area contributed by atoms with Crippen molar-refractivity contribution in [1.29, 1.82) is 0 Å². The molecule has 0 amide bonds. The summed E-state index contributed by atoms with van der Waals surface area (Å²) in [6.07, 6.45) is 4.02. The van der Waals surface area contributed by atoms with E-state index in [0.29, 0.717) is 23.7 Å². The van der Waals surface area contributed by atoms with E-state index >= 15 is 0 Å². The van der Waals surface area contributed by atoms with E-state index in [0.717, 1.165) is 24.5 Å². The van der Waals surface area contributed by atoms with Gasteiger partial charge in [-0.25, -0.2) is 4.98 Å². The summed E-state index contributed by atoms with van der Waals surface area (Å²) in [5.74, 6) is 3.55. The molecule has 0 saturated carbocycles. The van der Waals surface area contributed by atoms with Crippen molar-refractivity contribution in [3.05, 3.63) is 35.3 Å². The first-order valence-electron chi connectivity index (χ1n) is 8.79. The Kier molecular flexibility index (Phi) is 5.66. The lowest BCUT2D eigenvalue weighted by Crippen LogP contribution is -2.02. The van der Waals surface area contributed by atoms with E-state index in [4.69, 9.17) is 4.42 Å². The summed E-state index contributed by atoms with van der Waals surface area (Å²) in [7, 11) is 2.04. The molecule has 0 saturated heterocycles. The lowest BCUT2D eigenvalue weighted by Gasteiger charge is -2.11. The quantitative estimate of drug-likeness (QED) is 0.692. The zero-order valence-electron chi connectivity index (χ0n) is 15.6. The normalized spacial score (nSPS) is 14.7. The fourth-order valence-electron chi connectivity index (χ4n) is 2.85. The molecule has 128 valence electrons. The van der Waals surface area contributed by atoms with Crippen LogP contribution in [0.3, 0.4) is 0 Å². The van der Waals surface area contributed by atoms with Crippen molar-refractivity contribution >= 4 is 0 Å². The summed E-state index contributed by atoms with van der Waals surface area (Å²) in [6, 6.07) is 2.25. The second-order valence-electron chi connectivity index (χ2n) is 7.41. The minimum Gasteiger partial charge on any atom is -0.445 e. The Morgan fingerprint density at radius 2 is 1.65 bits per heavy atom. The average molecular weight is 317 g/mol. The molecule has 23 heavy (non-hydrogen) atoms. The van der Waals surface area contributed by atoms with E-state index in [1.165, 1.54) is 11.4 Å². The van der Waals surface area contributed by atoms with Gasteiger partial charge in [0.15, 0.2) is 5.89 Å². The molecule has 2 unspecified atom stereocenters. The standard InChI is InChI=1S/C19H31N3O/c1-12(2)17-10-16(21-22(17)7)14(5)8-9-15(6)19-20-11-18(23-19)13(3)4/h10-15H,8-9H2,1-7H3. The molecule has 2 aromatic rings. The van der Waals surface area contributed by atoms with E-state index in [2.05, 4.69) is 57.7 Å². The molecule has 4 nitrogen and oxygen atoms in total. The Bertz CT molecular complexity index is 624. The van der Waals surface area contributed by atoms with Crippen molar-refractivity contribution in [2.45, 2.75) is 78.1 Å². The van der Waals surface area contributed by atoms with Crippen LogP contribution in [0.25, 0.3) is 0 Å². The van der Waals surface area contributed by atoms with Crippen molar-refractivity contribution in [3.63, 3.8) is 0 Å². The second-order valence-corrected chi connectivity index (χ2v) is 7.41. The van der Waals surface area contributed by atoms with Crippen molar-refractivity contribution in [1.82, 2.24) is 14.8 Å². The highest BCUT2D eigenvalue weighted by atomic mass is 16.4. The summed E-state index contributed by atoms with van der Waals surface area (Å²) in [5.41, 5.74) is 2.49. The Hall–Kier alpha value is -1.58. The number of hydrogen-bond acceptors (Lipinski definition) is 3. The highest BCUT2D eigenvalue weighted by molar-refractivity contribution is 5.16. The SMILES string of the molecule is CC(C)c1cnc(C(C)CCC(C)c2cc(C(C)C)n(C)n2)o1. The number of rotatable bonds is 7. The molecule has 2 atom stereocenters. The van der Waals surface area contributed by atoms with Gasteiger partial charge in [0.2, 0.25) is 0 Å². The van der Waals surface area contributed by atoms with Crippen molar-refractivity contribution in [2.24, 2.45) is 7.05 Å². The molecular weight excluding hydrogens is 286 g/mol. The Morgan fingerprint density at radius 3 is 2.17 bits per heavy atom. The van der Waals surface area contributed by atoms with Gasteiger partial charge in [-0.05, 0) is 24.8 Å². The van der Waals surface area contributed by atoms with Crippen molar-refractivity contribution in [3.8, 4) is 0 Å². The van der Waals surface area contributed by atoms with E-state index < -0.39 is 0 Å². The van der Waals surface area contributed by atoms with Crippen molar-refractivity contribution < 1.29 is 4.42 Å². The third kappa shape index (κ3) is 4.24. The average Bonchev–Trinajstić information content (AvgIpc) is 3.11. The molecule has 0 aliphatic carbocycles. The van der Waals surface area contributed by atoms with Crippen LogP contribution in [-0.4, -0.2) is 14.8 Å². The van der Waals surface area contributed by atoms with Gasteiger partial charge < -0.3 is 4.42 Å². The van der Waals surface area contributed by atoms with Crippen LogP contribution in [0.4, 0.5) is 0 Å². The lowest BCUT2D eigenvalue weighted by molar-refractivity contribution is 0.397. The van der Waals surface area contributed by atoms with Gasteiger partial charge in [0.25, 0.3) is 0 Å². The van der Waals surface area contributed by atoms with Gasteiger partial charge in [-0.3, -0.25) is 4.68 Å². The van der Waals surface area contributed by atoms with Gasteiger partial charge in [-0.1, -0.05) is 41.5 Å². The Balaban J connectivity index is 1.95. The summed E-state index contributed by atoms with van der Waals surface area (Å²) < 4.78 is 7.89. The first kappa shape index (κ1) is 17.8. The zero-order chi connectivity index (χ0) is 17.1. The molecule has 4 heteroatoms. The van der Waals surface area contributed by atoms with Crippen LogP contribution < -0.4 is 0 Å². The molecule has 0 aromatic carbocycles. The largest absolute Gasteiger partial charge is 0.445 e. The molecule has 0 bridgehead atoms. The van der Waals surface area contributed by atoms with E-state index in [9.17, 15) is 0 Å².